The van der Waals surface area contributed by atoms with Gasteiger partial charge >= 0.3 is 12.4 Å². The van der Waals surface area contributed by atoms with Gasteiger partial charge in [-0.1, -0.05) is 68.6 Å². The lowest BCUT2D eigenvalue weighted by atomic mass is 9.72. The van der Waals surface area contributed by atoms with E-state index in [9.17, 15) is 77.8 Å². The third kappa shape index (κ3) is 24.2. The van der Waals surface area contributed by atoms with Gasteiger partial charge in [0.15, 0.2) is 31.2 Å². The van der Waals surface area contributed by atoms with Gasteiger partial charge in [-0.05, 0) is 212 Å². The van der Waals surface area contributed by atoms with Gasteiger partial charge in [-0.25, -0.2) is 26.8 Å². The molecule has 0 atom stereocenters. The third-order valence-corrected chi connectivity index (χ3v) is 28.4. The number of anilines is 4. The van der Waals surface area contributed by atoms with Crippen LogP contribution in [-0.2, 0) is 46.3 Å². The van der Waals surface area contributed by atoms with E-state index in [-0.39, 0.29) is 76.3 Å². The molecule has 16 rings (SSSR count). The normalized spacial score (nSPS) is 17.3. The second-order valence-corrected chi connectivity index (χ2v) is 39.9. The molecule has 0 radical (unpaired) electrons. The van der Waals surface area contributed by atoms with E-state index in [0.717, 1.165) is 153 Å². The summed E-state index contributed by atoms with van der Waals surface area (Å²) in [7, 11) is -8.60. The standard InChI is InChI=1S/C47H50ClF3N6O7S.C31H34N6O7S.C16H16ClF3O/c1-46(2)13-9-32(39(25-46)37-6-3-33(22-40(37)48)47(49,50)51)28-55-15-17-56(18-16-55)34-4-7-38(44(23-34)64-35-21-31-10-14-52-45(31)54-27-35)43(58)29-65(61,62)36-5-8-41(42(24-36)57(59)60)53-26-30-11-19-63-20-12-30;38-29(20-45(41,42)25-2-4-27(28(17-25)37(39)40)34-18-21-6-13-43-14-7-21)26-3-1-23(36-11-9-32-10-12-36)16-30(26)44-24-15-22-5-8-33-31(22)35-19-24;1-15(2)6-5-10(9-21)13(8-15)12-4-3-11(7-14(12)17)16(18,19)20/h3-8,10,14,21-24,27,30,53H,9,11-13,15-20,25-26,28-29H2,1-2H3,(H,52,54);1-5,8,15-17,19,21,32,34H,6-7,9-14,18,20H2,(H,33,35);3-4,7,9H,5-6,8H2,1-2H3. The monoisotopic (exact) mass is 1880 g/mol. The van der Waals surface area contributed by atoms with Crippen molar-refractivity contribution in [1.82, 2.24) is 30.2 Å². The largest absolute Gasteiger partial charge is 0.455 e. The lowest BCUT2D eigenvalue weighted by Crippen LogP contribution is -2.47. The summed E-state index contributed by atoms with van der Waals surface area (Å²) in [5.41, 5.74) is 5.74. The Labute approximate surface area is 763 Å². The second-order valence-electron chi connectivity index (χ2n) is 35.1. The minimum atomic E-state index is -4.49. The molecule has 4 fully saturated rings. The number of H-pyrrole nitrogens is 2. The van der Waals surface area contributed by atoms with Crippen molar-refractivity contribution in [3.05, 3.63) is 233 Å². The minimum Gasteiger partial charge on any atom is -0.455 e. The maximum atomic E-state index is 14.0. The molecule has 694 valence electrons. The number of nitro benzene ring substituents is 2. The number of carbonyl (C=O) groups excluding carboxylic acids is 3. The van der Waals surface area contributed by atoms with Crippen molar-refractivity contribution < 1.29 is 86.4 Å². The fraction of sp³-hybridized carbons (Fsp3) is 0.394. The lowest BCUT2D eigenvalue weighted by Gasteiger charge is -2.39. The summed E-state index contributed by atoms with van der Waals surface area (Å²) in [5, 5.41) is 35.2. The van der Waals surface area contributed by atoms with Crippen molar-refractivity contribution in [3.8, 4) is 23.0 Å². The Morgan fingerprint density at radius 3 is 1.44 bits per heavy atom. The number of hydrogen-bond acceptors (Lipinski definition) is 23. The number of benzene rings is 6. The summed E-state index contributed by atoms with van der Waals surface area (Å²) in [6, 6.07) is 31.5. The molecular weight excluding hydrogens is 1790 g/mol. The smallest absolute Gasteiger partial charge is 0.416 e. The number of alkyl halides is 6. The summed E-state index contributed by atoms with van der Waals surface area (Å²) in [4.78, 5) is 82.3. The molecule has 2 aliphatic carbocycles. The van der Waals surface area contributed by atoms with Crippen LogP contribution in [0.3, 0.4) is 0 Å². The highest BCUT2D eigenvalue weighted by molar-refractivity contribution is 7.92. The summed E-state index contributed by atoms with van der Waals surface area (Å²) in [5.74, 6) is -1.73. The fourth-order valence-corrected chi connectivity index (χ4v) is 20.1. The number of aldehydes is 1. The quantitative estimate of drug-likeness (QED) is 0.0105. The van der Waals surface area contributed by atoms with Gasteiger partial charge in [-0.2, -0.15) is 26.3 Å². The molecule has 5 N–H and O–H groups in total. The maximum Gasteiger partial charge on any atom is 0.416 e. The number of sulfone groups is 2. The molecule has 27 nitrogen and oxygen atoms in total. The summed E-state index contributed by atoms with van der Waals surface area (Å²) in [6.45, 7) is 18.3. The molecule has 0 saturated carbocycles. The Kier molecular flexibility index (Phi) is 29.8. The van der Waals surface area contributed by atoms with Crippen molar-refractivity contribution in [1.29, 1.82) is 0 Å². The van der Waals surface area contributed by atoms with E-state index < -0.39 is 81.8 Å². The van der Waals surface area contributed by atoms with Gasteiger partial charge in [0.1, 0.15) is 63.5 Å². The van der Waals surface area contributed by atoms with Gasteiger partial charge in [-0.15, -0.1) is 0 Å². The Hall–Kier alpha value is -11.3. The number of ketones is 2. The highest BCUT2D eigenvalue weighted by Gasteiger charge is 2.38. The number of aromatic amines is 2. The van der Waals surface area contributed by atoms with Crippen LogP contribution in [0, 0.1) is 42.9 Å². The number of Topliss-reactive ketones (excluding diaryl/α,β-unsaturated/α-hetero) is 2. The number of allylic oxidation sites excluding steroid dienone is 3. The molecule has 37 heteroatoms. The number of fused-ring (bicyclic) bond motifs is 2. The molecule has 4 aliphatic heterocycles. The number of nitro groups is 2. The lowest BCUT2D eigenvalue weighted by molar-refractivity contribution is -0.384. The van der Waals surface area contributed by atoms with E-state index in [4.69, 9.17) is 42.1 Å². The highest BCUT2D eigenvalue weighted by Crippen LogP contribution is 2.49. The van der Waals surface area contributed by atoms with Gasteiger partial charge in [0, 0.05) is 167 Å². The molecule has 6 aromatic carbocycles. The van der Waals surface area contributed by atoms with Crippen molar-refractivity contribution >= 4 is 128 Å². The van der Waals surface area contributed by atoms with Crippen molar-refractivity contribution in [2.45, 2.75) is 114 Å². The maximum absolute atomic E-state index is 14.0. The van der Waals surface area contributed by atoms with Crippen molar-refractivity contribution in [3.63, 3.8) is 0 Å². The van der Waals surface area contributed by atoms with Crippen LogP contribution >= 0.6 is 23.2 Å². The second kappa shape index (κ2) is 40.8. The van der Waals surface area contributed by atoms with Crippen LogP contribution in [0.4, 0.5) is 60.5 Å². The first-order valence-corrected chi connectivity index (χ1v) is 47.2. The van der Waals surface area contributed by atoms with Gasteiger partial charge in [-0.3, -0.25) is 39.5 Å². The van der Waals surface area contributed by atoms with E-state index in [2.05, 4.69) is 78.3 Å². The van der Waals surface area contributed by atoms with Crippen LogP contribution in [-0.4, -0.2) is 179 Å². The zero-order chi connectivity index (χ0) is 93.3. The molecule has 131 heavy (non-hydrogen) atoms. The zero-order valence-electron chi connectivity index (χ0n) is 72.4. The number of halogens is 8. The van der Waals surface area contributed by atoms with E-state index in [1.54, 1.807) is 54.9 Å². The minimum absolute atomic E-state index is 0.00781. The number of rotatable bonds is 27. The van der Waals surface area contributed by atoms with Crippen molar-refractivity contribution in [2.75, 3.05) is 130 Å². The van der Waals surface area contributed by atoms with E-state index >= 15 is 0 Å². The number of carbonyl (C=O) groups is 3. The highest BCUT2D eigenvalue weighted by atomic mass is 35.5. The van der Waals surface area contributed by atoms with Crippen LogP contribution in [0.5, 0.6) is 23.0 Å². The van der Waals surface area contributed by atoms with E-state index in [1.165, 1.54) is 54.9 Å². The molecule has 0 spiro atoms. The average molecular weight is 1890 g/mol. The average Bonchev–Trinajstić information content (AvgIpc) is 1.16. The molecule has 4 saturated heterocycles. The number of nitrogens with zero attached hydrogens (tertiary/aromatic N) is 7. The number of aromatic nitrogens is 4. The summed E-state index contributed by atoms with van der Waals surface area (Å²) >= 11 is 12.6. The first kappa shape index (κ1) is 95.8. The summed E-state index contributed by atoms with van der Waals surface area (Å²) < 4.78 is 156. The Bertz CT molecular complexity index is 6240. The van der Waals surface area contributed by atoms with Crippen LogP contribution in [0.25, 0.3) is 33.2 Å². The molecular formula is C94H100Cl2F6N12O15S2. The molecule has 4 aromatic heterocycles. The molecule has 0 bridgehead atoms. The number of piperazine rings is 2. The third-order valence-electron chi connectivity index (χ3n) is 24.6. The number of nitrogens with one attached hydrogen (secondary N) is 5. The topological polar surface area (TPSA) is 346 Å². The Morgan fingerprint density at radius 1 is 0.565 bits per heavy atom. The first-order valence-electron chi connectivity index (χ1n) is 43.1. The van der Waals surface area contributed by atoms with Crippen molar-refractivity contribution in [2.24, 2.45) is 22.7 Å². The van der Waals surface area contributed by atoms with E-state index in [1.807, 2.05) is 12.1 Å². The molecule has 0 unspecified atom stereocenters. The van der Waals surface area contributed by atoms with Crippen LogP contribution in [0.1, 0.15) is 135 Å². The Balaban J connectivity index is 0.000000180. The molecule has 10 aromatic rings. The zero-order valence-corrected chi connectivity index (χ0v) is 75.6. The number of ether oxygens (including phenoxy) is 4. The molecule has 0 amide bonds. The van der Waals surface area contributed by atoms with Gasteiger partial charge < -0.3 is 54.7 Å². The number of pyridine rings is 2. The molecule has 8 heterocycles. The number of hydrogen-bond donors (Lipinski definition) is 5. The predicted octanol–water partition coefficient (Wildman–Crippen LogP) is 19.9. The van der Waals surface area contributed by atoms with Gasteiger partial charge in [0.2, 0.25) is 0 Å². The van der Waals surface area contributed by atoms with Crippen LogP contribution < -0.4 is 35.2 Å². The fourth-order valence-electron chi connectivity index (χ4n) is 17.1. The van der Waals surface area contributed by atoms with Gasteiger partial charge in [0.05, 0.1) is 54.3 Å². The van der Waals surface area contributed by atoms with E-state index in [0.29, 0.717) is 137 Å². The molecule has 6 aliphatic rings. The summed E-state index contributed by atoms with van der Waals surface area (Å²) in [6.07, 6.45) is 6.25. The van der Waals surface area contributed by atoms with Crippen LogP contribution in [0.2, 0.25) is 10.0 Å². The SMILES string of the molecule is CC1(C)CCC(C=O)=C(c2ccc(C(F)(F)F)cc2Cl)C1.CC1(C)CCC(CN2CCN(c3ccc(C(=O)CS(=O)(=O)c4ccc(NCC5CCOCC5)c([N+](=O)[O-])c4)c(Oc4cnc5[nH]ccc5c4)c3)CC2)=C(c2ccc(C(F)(F)F)cc2Cl)C1.O=C(CS(=O)(=O)c1ccc(NCC2CCOCC2)c([N+](=O)[O-])c1)c1ccc(N2CCNCC2)cc1Oc1cnc2[nH]ccc2c1. The Morgan fingerprint density at radius 2 is 1.00 bits per heavy atom. The predicted molar refractivity (Wildman–Crippen MR) is 490 cm³/mol. The van der Waals surface area contributed by atoms with Crippen LogP contribution in [0.15, 0.2) is 179 Å². The first-order chi connectivity index (χ1) is 62.3. The van der Waals surface area contributed by atoms with Gasteiger partial charge in [0.25, 0.3) is 11.4 Å².